The molecule has 1 aliphatic rings. The fourth-order valence-electron chi connectivity index (χ4n) is 3.27. The van der Waals surface area contributed by atoms with Crippen LogP contribution in [-0.2, 0) is 4.79 Å². The van der Waals surface area contributed by atoms with Crippen molar-refractivity contribution in [2.75, 3.05) is 18.6 Å². The number of nitrogens with zero attached hydrogens (tertiary/aromatic N) is 1. The molecule has 1 atom stereocenters. The number of ether oxygens (including phenoxy) is 1. The Labute approximate surface area is 137 Å². The van der Waals surface area contributed by atoms with Crippen molar-refractivity contribution < 1.29 is 9.53 Å². The van der Waals surface area contributed by atoms with Gasteiger partial charge in [0.15, 0.2) is 0 Å². The van der Waals surface area contributed by atoms with E-state index in [9.17, 15) is 4.79 Å². The Hall–Kier alpha value is -2.29. The summed E-state index contributed by atoms with van der Waals surface area (Å²) in [6.45, 7) is 0.712. The van der Waals surface area contributed by atoms with E-state index in [-0.39, 0.29) is 5.92 Å². The van der Waals surface area contributed by atoms with Crippen LogP contribution < -0.4 is 9.64 Å². The molecule has 0 saturated heterocycles. The van der Waals surface area contributed by atoms with E-state index in [0.717, 1.165) is 42.8 Å². The third-order valence-corrected chi connectivity index (χ3v) is 4.53. The highest BCUT2D eigenvalue weighted by molar-refractivity contribution is 5.83. The number of rotatable bonds is 5. The quantitative estimate of drug-likeness (QED) is 0.809. The molecule has 3 rings (SSSR count). The van der Waals surface area contributed by atoms with Gasteiger partial charge in [-0.1, -0.05) is 36.8 Å². The van der Waals surface area contributed by atoms with Gasteiger partial charge < -0.3 is 9.64 Å². The number of ketones is 1. The molecule has 2 aromatic rings. The summed E-state index contributed by atoms with van der Waals surface area (Å²) in [7, 11) is 1.69. The van der Waals surface area contributed by atoms with Crippen molar-refractivity contribution in [3.8, 4) is 5.75 Å². The Kier molecular flexibility index (Phi) is 4.96. The van der Waals surface area contributed by atoms with Crippen LogP contribution >= 0.6 is 0 Å². The highest BCUT2D eigenvalue weighted by Gasteiger charge is 2.26. The van der Waals surface area contributed by atoms with Gasteiger partial charge in [0, 0.05) is 24.6 Å². The molecule has 0 heterocycles. The zero-order valence-corrected chi connectivity index (χ0v) is 13.6. The van der Waals surface area contributed by atoms with Gasteiger partial charge in [0.1, 0.15) is 11.5 Å². The SMILES string of the molecule is COc1ccccc1N(CC1CCCCC1=O)c1ccccc1. The molecule has 1 unspecified atom stereocenters. The predicted octanol–water partition coefficient (Wildman–Crippen LogP) is 4.59. The highest BCUT2D eigenvalue weighted by atomic mass is 16.5. The molecule has 0 bridgehead atoms. The van der Waals surface area contributed by atoms with Gasteiger partial charge in [-0.05, 0) is 37.1 Å². The molecule has 3 nitrogen and oxygen atoms in total. The van der Waals surface area contributed by atoms with E-state index in [1.807, 2.05) is 36.4 Å². The van der Waals surface area contributed by atoms with Gasteiger partial charge in [-0.25, -0.2) is 0 Å². The normalized spacial score (nSPS) is 17.8. The molecule has 3 heteroatoms. The maximum absolute atomic E-state index is 12.3. The Morgan fingerprint density at radius 3 is 2.52 bits per heavy atom. The molecule has 0 spiro atoms. The summed E-state index contributed by atoms with van der Waals surface area (Å²) in [4.78, 5) is 14.5. The summed E-state index contributed by atoms with van der Waals surface area (Å²) in [5.74, 6) is 1.33. The van der Waals surface area contributed by atoms with Crippen LogP contribution in [0.15, 0.2) is 54.6 Å². The molecule has 23 heavy (non-hydrogen) atoms. The minimum absolute atomic E-state index is 0.105. The van der Waals surface area contributed by atoms with Crippen molar-refractivity contribution in [3.05, 3.63) is 54.6 Å². The zero-order valence-electron chi connectivity index (χ0n) is 13.6. The average Bonchev–Trinajstić information content (AvgIpc) is 2.62. The van der Waals surface area contributed by atoms with Crippen LogP contribution in [0, 0.1) is 5.92 Å². The zero-order chi connectivity index (χ0) is 16.1. The summed E-state index contributed by atoms with van der Waals surface area (Å²) in [6.07, 6.45) is 3.89. The van der Waals surface area contributed by atoms with Crippen LogP contribution in [-0.4, -0.2) is 19.4 Å². The second kappa shape index (κ2) is 7.32. The Morgan fingerprint density at radius 1 is 1.04 bits per heavy atom. The van der Waals surface area contributed by atoms with Crippen molar-refractivity contribution in [3.63, 3.8) is 0 Å². The van der Waals surface area contributed by atoms with E-state index in [0.29, 0.717) is 12.3 Å². The smallest absolute Gasteiger partial charge is 0.142 e. The molecule has 0 radical (unpaired) electrons. The fraction of sp³-hybridized carbons (Fsp3) is 0.350. The van der Waals surface area contributed by atoms with Gasteiger partial charge >= 0.3 is 0 Å². The van der Waals surface area contributed by atoms with E-state index >= 15 is 0 Å². The second-order valence-electron chi connectivity index (χ2n) is 6.03. The maximum atomic E-state index is 12.3. The first kappa shape index (κ1) is 15.6. The predicted molar refractivity (Wildman–Crippen MR) is 93.4 cm³/mol. The van der Waals surface area contributed by atoms with Gasteiger partial charge in [-0.15, -0.1) is 0 Å². The molecular weight excluding hydrogens is 286 g/mol. The number of carbonyl (C=O) groups excluding carboxylic acids is 1. The number of methoxy groups -OCH3 is 1. The van der Waals surface area contributed by atoms with Crippen molar-refractivity contribution >= 4 is 17.2 Å². The molecule has 2 aromatic carbocycles. The molecular formula is C20H23NO2. The van der Waals surface area contributed by atoms with Crippen LogP contribution in [0.1, 0.15) is 25.7 Å². The number of anilines is 2. The minimum atomic E-state index is 0.105. The minimum Gasteiger partial charge on any atom is -0.495 e. The first-order chi connectivity index (χ1) is 11.3. The summed E-state index contributed by atoms with van der Waals surface area (Å²) in [5, 5.41) is 0. The fourth-order valence-corrected chi connectivity index (χ4v) is 3.27. The van der Waals surface area contributed by atoms with E-state index < -0.39 is 0 Å². The number of para-hydroxylation sites is 3. The molecule has 0 amide bonds. The van der Waals surface area contributed by atoms with Gasteiger partial charge in [0.05, 0.1) is 12.8 Å². The molecule has 0 aromatic heterocycles. The highest BCUT2D eigenvalue weighted by Crippen LogP contribution is 2.35. The first-order valence-electron chi connectivity index (χ1n) is 8.28. The first-order valence-corrected chi connectivity index (χ1v) is 8.28. The van der Waals surface area contributed by atoms with E-state index in [1.165, 1.54) is 0 Å². The largest absolute Gasteiger partial charge is 0.495 e. The van der Waals surface area contributed by atoms with Crippen LogP contribution in [0.3, 0.4) is 0 Å². The van der Waals surface area contributed by atoms with Crippen LogP contribution in [0.2, 0.25) is 0 Å². The number of hydrogen-bond donors (Lipinski definition) is 0. The van der Waals surface area contributed by atoms with Crippen LogP contribution in [0.25, 0.3) is 0 Å². The topological polar surface area (TPSA) is 29.5 Å². The average molecular weight is 309 g/mol. The molecule has 120 valence electrons. The van der Waals surface area contributed by atoms with Crippen molar-refractivity contribution in [2.24, 2.45) is 5.92 Å². The van der Waals surface area contributed by atoms with Gasteiger partial charge in [0.2, 0.25) is 0 Å². The van der Waals surface area contributed by atoms with Crippen LogP contribution in [0.4, 0.5) is 11.4 Å². The lowest BCUT2D eigenvalue weighted by Gasteiger charge is -2.31. The molecule has 0 N–H and O–H groups in total. The summed E-state index contributed by atoms with van der Waals surface area (Å²) >= 11 is 0. The summed E-state index contributed by atoms with van der Waals surface area (Å²) < 4.78 is 5.54. The summed E-state index contributed by atoms with van der Waals surface area (Å²) in [5.41, 5.74) is 2.11. The lowest BCUT2D eigenvalue weighted by molar-refractivity contribution is -0.124. The van der Waals surface area contributed by atoms with Crippen molar-refractivity contribution in [2.45, 2.75) is 25.7 Å². The summed E-state index contributed by atoms with van der Waals surface area (Å²) in [6, 6.07) is 18.2. The molecule has 1 aliphatic carbocycles. The number of hydrogen-bond acceptors (Lipinski definition) is 3. The van der Waals surface area contributed by atoms with Gasteiger partial charge in [-0.3, -0.25) is 4.79 Å². The van der Waals surface area contributed by atoms with Crippen molar-refractivity contribution in [1.82, 2.24) is 0 Å². The van der Waals surface area contributed by atoms with E-state index in [2.05, 4.69) is 23.1 Å². The third-order valence-electron chi connectivity index (χ3n) is 4.53. The molecule has 1 fully saturated rings. The molecule has 0 aliphatic heterocycles. The van der Waals surface area contributed by atoms with Crippen LogP contribution in [0.5, 0.6) is 5.75 Å². The lowest BCUT2D eigenvalue weighted by Crippen LogP contribution is -2.32. The Balaban J connectivity index is 1.95. The number of Topliss-reactive ketones (excluding diaryl/α,β-unsaturated/α-hetero) is 1. The van der Waals surface area contributed by atoms with E-state index in [1.54, 1.807) is 7.11 Å². The van der Waals surface area contributed by atoms with E-state index in [4.69, 9.17) is 4.74 Å². The second-order valence-corrected chi connectivity index (χ2v) is 6.03. The standard InChI is InChI=1S/C20H23NO2/c1-23-20-14-8-6-12-18(20)21(17-10-3-2-4-11-17)15-16-9-5-7-13-19(16)22/h2-4,6,8,10-12,14,16H,5,7,9,13,15H2,1H3. The Bertz CT molecular complexity index is 654. The molecule has 1 saturated carbocycles. The third kappa shape index (κ3) is 3.55. The van der Waals surface area contributed by atoms with Gasteiger partial charge in [-0.2, -0.15) is 0 Å². The number of carbonyl (C=O) groups is 1. The Morgan fingerprint density at radius 2 is 1.78 bits per heavy atom. The maximum Gasteiger partial charge on any atom is 0.142 e. The van der Waals surface area contributed by atoms with Gasteiger partial charge in [0.25, 0.3) is 0 Å². The van der Waals surface area contributed by atoms with Crippen molar-refractivity contribution in [1.29, 1.82) is 0 Å². The lowest BCUT2D eigenvalue weighted by atomic mass is 9.87. The monoisotopic (exact) mass is 309 g/mol. The number of benzene rings is 2.